The number of amides is 1. The standard InChI is InChI=1S/C25H39NO2/c1-6-13-23(2,3)22(28)19-9-8-17-16-7-10-20-25(5,15-12-21(27)26-20)18(16)11-14-24(17,19)4/h12,15-20H,6-11,13-14H2,1-5H3,(H,26,27)/t16-,17-,18+,19?,20?,24-,25+/m0/s1. The molecule has 4 aliphatic rings. The normalized spacial score (nSPS) is 45.0. The Hall–Kier alpha value is -1.12. The fourth-order valence-corrected chi connectivity index (χ4v) is 7.98. The molecule has 28 heavy (non-hydrogen) atoms. The van der Waals surface area contributed by atoms with Crippen LogP contribution >= 0.6 is 0 Å². The van der Waals surface area contributed by atoms with Gasteiger partial charge < -0.3 is 5.32 Å². The monoisotopic (exact) mass is 385 g/mol. The van der Waals surface area contributed by atoms with Crippen LogP contribution in [0.2, 0.25) is 0 Å². The fourth-order valence-electron chi connectivity index (χ4n) is 7.98. The third-order valence-electron chi connectivity index (χ3n) is 9.54. The zero-order chi connectivity index (χ0) is 20.3. The molecule has 3 heteroatoms. The van der Waals surface area contributed by atoms with Gasteiger partial charge in [0.25, 0.3) is 0 Å². The number of fused-ring (bicyclic) bond motifs is 5. The molecular formula is C25H39NO2. The molecule has 156 valence electrons. The summed E-state index contributed by atoms with van der Waals surface area (Å²) in [4.78, 5) is 25.4. The Morgan fingerprint density at radius 2 is 1.89 bits per heavy atom. The van der Waals surface area contributed by atoms with Crippen LogP contribution in [0.5, 0.6) is 0 Å². The van der Waals surface area contributed by atoms with Crippen LogP contribution in [0.25, 0.3) is 0 Å². The van der Waals surface area contributed by atoms with Gasteiger partial charge in [0.1, 0.15) is 5.78 Å². The molecule has 1 amide bonds. The predicted molar refractivity (Wildman–Crippen MR) is 113 cm³/mol. The number of ketones is 1. The minimum Gasteiger partial charge on any atom is -0.349 e. The van der Waals surface area contributed by atoms with E-state index in [-0.39, 0.29) is 34.1 Å². The van der Waals surface area contributed by atoms with Crippen LogP contribution in [0.3, 0.4) is 0 Å². The largest absolute Gasteiger partial charge is 0.349 e. The van der Waals surface area contributed by atoms with E-state index in [1.165, 1.54) is 25.7 Å². The van der Waals surface area contributed by atoms with E-state index in [9.17, 15) is 9.59 Å². The van der Waals surface area contributed by atoms with Crippen molar-refractivity contribution in [1.29, 1.82) is 0 Å². The van der Waals surface area contributed by atoms with Crippen LogP contribution in [0, 0.1) is 39.9 Å². The molecule has 1 aliphatic heterocycles. The Bertz CT molecular complexity index is 695. The van der Waals surface area contributed by atoms with Gasteiger partial charge in [0, 0.05) is 22.8 Å². The summed E-state index contributed by atoms with van der Waals surface area (Å²) in [6.45, 7) is 11.3. The highest BCUT2D eigenvalue weighted by Crippen LogP contribution is 2.65. The molecule has 0 aromatic heterocycles. The second-order valence-corrected chi connectivity index (χ2v) is 11.4. The summed E-state index contributed by atoms with van der Waals surface area (Å²) in [5, 5.41) is 3.24. The van der Waals surface area contributed by atoms with Crippen molar-refractivity contribution in [3.63, 3.8) is 0 Å². The van der Waals surface area contributed by atoms with E-state index < -0.39 is 0 Å². The Labute approximate surface area is 171 Å². The zero-order valence-electron chi connectivity index (χ0n) is 18.5. The highest BCUT2D eigenvalue weighted by Gasteiger charge is 2.61. The number of rotatable bonds is 4. The maximum Gasteiger partial charge on any atom is 0.243 e. The average Bonchev–Trinajstić information content (AvgIpc) is 2.98. The van der Waals surface area contributed by atoms with Gasteiger partial charge in [-0.3, -0.25) is 9.59 Å². The van der Waals surface area contributed by atoms with Crippen molar-refractivity contribution < 1.29 is 9.59 Å². The summed E-state index contributed by atoms with van der Waals surface area (Å²) in [6.07, 6.45) is 13.0. The number of carbonyl (C=O) groups is 2. The molecule has 1 N–H and O–H groups in total. The van der Waals surface area contributed by atoms with Gasteiger partial charge in [-0.15, -0.1) is 0 Å². The molecule has 7 atom stereocenters. The first-order chi connectivity index (χ1) is 13.1. The molecule has 0 saturated heterocycles. The third-order valence-corrected chi connectivity index (χ3v) is 9.54. The van der Waals surface area contributed by atoms with Gasteiger partial charge in [0.2, 0.25) is 5.91 Å². The van der Waals surface area contributed by atoms with Gasteiger partial charge in [-0.05, 0) is 74.2 Å². The van der Waals surface area contributed by atoms with Gasteiger partial charge in [0.15, 0.2) is 0 Å². The van der Waals surface area contributed by atoms with Crippen LogP contribution in [-0.4, -0.2) is 17.7 Å². The summed E-state index contributed by atoms with van der Waals surface area (Å²) in [7, 11) is 0. The minimum atomic E-state index is -0.186. The lowest BCUT2D eigenvalue weighted by Gasteiger charge is -2.59. The maximum atomic E-state index is 13.5. The molecule has 3 nitrogen and oxygen atoms in total. The molecule has 4 rings (SSSR count). The summed E-state index contributed by atoms with van der Waals surface area (Å²) < 4.78 is 0. The molecule has 3 fully saturated rings. The van der Waals surface area contributed by atoms with Crippen LogP contribution in [0.4, 0.5) is 0 Å². The summed E-state index contributed by atoms with van der Waals surface area (Å²) in [5.41, 5.74) is 0.0734. The van der Waals surface area contributed by atoms with E-state index in [0.717, 1.165) is 25.7 Å². The van der Waals surface area contributed by atoms with E-state index in [2.05, 4.69) is 46.0 Å². The lowest BCUT2D eigenvalue weighted by molar-refractivity contribution is -0.140. The minimum absolute atomic E-state index is 0.0752. The molecule has 1 heterocycles. The molecule has 0 radical (unpaired) electrons. The SMILES string of the molecule is CCCC(C)(C)C(=O)C1CC[C@H]2[C@@H]3CCC4NC(=O)C=C[C@]4(C)[C@@H]3CC[C@]12C. The average molecular weight is 386 g/mol. The topological polar surface area (TPSA) is 46.2 Å². The van der Waals surface area contributed by atoms with Gasteiger partial charge in [-0.2, -0.15) is 0 Å². The first-order valence-electron chi connectivity index (χ1n) is 11.7. The summed E-state index contributed by atoms with van der Waals surface area (Å²) in [6, 6.07) is 0.290. The van der Waals surface area contributed by atoms with Crippen LogP contribution in [0.1, 0.15) is 86.0 Å². The lowest BCUT2D eigenvalue weighted by atomic mass is 9.47. The Morgan fingerprint density at radius 3 is 2.61 bits per heavy atom. The van der Waals surface area contributed by atoms with Crippen molar-refractivity contribution in [3.05, 3.63) is 12.2 Å². The third kappa shape index (κ3) is 2.82. The molecule has 0 aromatic carbocycles. The van der Waals surface area contributed by atoms with Crippen LogP contribution in [-0.2, 0) is 9.59 Å². The van der Waals surface area contributed by atoms with Crippen molar-refractivity contribution in [2.75, 3.05) is 0 Å². The number of hydrogen-bond acceptors (Lipinski definition) is 2. The zero-order valence-corrected chi connectivity index (χ0v) is 18.5. The second kappa shape index (κ2) is 6.71. The van der Waals surface area contributed by atoms with Crippen molar-refractivity contribution >= 4 is 11.7 Å². The van der Waals surface area contributed by atoms with Gasteiger partial charge in [-0.25, -0.2) is 0 Å². The summed E-state index contributed by atoms with van der Waals surface area (Å²) >= 11 is 0. The van der Waals surface area contributed by atoms with E-state index >= 15 is 0 Å². The molecule has 3 saturated carbocycles. The Balaban J connectivity index is 1.60. The number of Topliss-reactive ketones (excluding diaryl/α,β-unsaturated/α-hetero) is 1. The summed E-state index contributed by atoms with van der Waals surface area (Å²) in [5.74, 6) is 2.85. The Morgan fingerprint density at radius 1 is 1.14 bits per heavy atom. The predicted octanol–water partition coefficient (Wildman–Crippen LogP) is 5.30. The molecule has 0 bridgehead atoms. The maximum absolute atomic E-state index is 13.5. The number of hydrogen-bond donors (Lipinski definition) is 1. The molecule has 0 aromatic rings. The van der Waals surface area contributed by atoms with Crippen molar-refractivity contribution in [2.45, 2.75) is 92.0 Å². The van der Waals surface area contributed by atoms with Crippen molar-refractivity contribution in [3.8, 4) is 0 Å². The number of nitrogens with one attached hydrogen (secondary N) is 1. The first-order valence-corrected chi connectivity index (χ1v) is 11.7. The molecular weight excluding hydrogens is 346 g/mol. The first kappa shape index (κ1) is 20.2. The van der Waals surface area contributed by atoms with Gasteiger partial charge in [-0.1, -0.05) is 47.1 Å². The highest BCUT2D eigenvalue weighted by molar-refractivity contribution is 5.89. The van der Waals surface area contributed by atoms with Gasteiger partial charge in [0.05, 0.1) is 0 Å². The number of carbonyl (C=O) groups excluding carboxylic acids is 2. The van der Waals surface area contributed by atoms with Crippen LogP contribution in [0.15, 0.2) is 12.2 Å². The van der Waals surface area contributed by atoms with Gasteiger partial charge >= 0.3 is 0 Å². The van der Waals surface area contributed by atoms with Crippen molar-refractivity contribution in [1.82, 2.24) is 5.32 Å². The van der Waals surface area contributed by atoms with E-state index in [1.807, 2.05) is 0 Å². The quantitative estimate of drug-likeness (QED) is 0.714. The van der Waals surface area contributed by atoms with E-state index in [0.29, 0.717) is 23.5 Å². The van der Waals surface area contributed by atoms with E-state index in [1.54, 1.807) is 6.08 Å². The Kier molecular flexibility index (Phi) is 4.83. The molecule has 0 spiro atoms. The van der Waals surface area contributed by atoms with Crippen molar-refractivity contribution in [2.24, 2.45) is 39.9 Å². The lowest BCUT2D eigenvalue weighted by Crippen LogP contribution is -2.59. The molecule has 2 unspecified atom stereocenters. The fraction of sp³-hybridized carbons (Fsp3) is 0.840. The van der Waals surface area contributed by atoms with E-state index in [4.69, 9.17) is 0 Å². The van der Waals surface area contributed by atoms with Crippen LogP contribution < -0.4 is 5.32 Å². The second-order valence-electron chi connectivity index (χ2n) is 11.4. The highest BCUT2D eigenvalue weighted by atomic mass is 16.1. The molecule has 3 aliphatic carbocycles. The smallest absolute Gasteiger partial charge is 0.243 e.